The Hall–Kier alpha value is -1.79. The Labute approximate surface area is 154 Å². The van der Waals surface area contributed by atoms with Gasteiger partial charge in [0, 0.05) is 24.7 Å². The van der Waals surface area contributed by atoms with Crippen molar-refractivity contribution in [2.24, 2.45) is 11.7 Å². The standard InChI is InChI=1S/C18H25N3O3.ClH/c19-18(23)14-3-5-16(6-4-14)24-12-17(22)21-9-7-15(8-10-21)20-11-13-1-2-13;/h3-6,13,15,20H,1-2,7-12H2,(H2,19,23);1H. The lowest BCUT2D eigenvalue weighted by atomic mass is 10.0. The summed E-state index contributed by atoms with van der Waals surface area (Å²) in [5.74, 6) is 0.985. The molecule has 1 aromatic carbocycles. The summed E-state index contributed by atoms with van der Waals surface area (Å²) in [5.41, 5.74) is 5.62. The van der Waals surface area contributed by atoms with Crippen molar-refractivity contribution >= 4 is 24.2 Å². The van der Waals surface area contributed by atoms with Crippen LogP contribution in [0.15, 0.2) is 24.3 Å². The van der Waals surface area contributed by atoms with Crippen LogP contribution in [0.5, 0.6) is 5.75 Å². The van der Waals surface area contributed by atoms with Crippen molar-refractivity contribution in [1.29, 1.82) is 0 Å². The molecule has 1 aromatic rings. The van der Waals surface area contributed by atoms with Crippen LogP contribution in [-0.2, 0) is 4.79 Å². The molecule has 2 fully saturated rings. The molecule has 0 aromatic heterocycles. The van der Waals surface area contributed by atoms with Crippen molar-refractivity contribution < 1.29 is 14.3 Å². The number of nitrogens with two attached hydrogens (primary N) is 1. The summed E-state index contributed by atoms with van der Waals surface area (Å²) in [6, 6.07) is 7.04. The summed E-state index contributed by atoms with van der Waals surface area (Å²) in [5, 5.41) is 3.61. The normalized spacial score (nSPS) is 17.7. The molecule has 2 aliphatic rings. The van der Waals surface area contributed by atoms with Crippen LogP contribution in [-0.4, -0.2) is 49.0 Å². The second-order valence-electron chi connectivity index (χ2n) is 6.68. The Morgan fingerprint density at radius 3 is 2.32 bits per heavy atom. The molecule has 1 saturated carbocycles. The highest BCUT2D eigenvalue weighted by molar-refractivity contribution is 5.92. The Balaban J connectivity index is 0.00000225. The van der Waals surface area contributed by atoms with E-state index in [1.54, 1.807) is 24.3 Å². The van der Waals surface area contributed by atoms with E-state index in [0.717, 1.165) is 38.4 Å². The number of hydrogen-bond donors (Lipinski definition) is 2. The zero-order chi connectivity index (χ0) is 16.9. The second kappa shape index (κ2) is 9.06. The van der Waals surface area contributed by atoms with E-state index in [-0.39, 0.29) is 24.9 Å². The lowest BCUT2D eigenvalue weighted by molar-refractivity contribution is -0.134. The number of primary amides is 1. The molecule has 1 aliphatic carbocycles. The third kappa shape index (κ3) is 5.90. The van der Waals surface area contributed by atoms with E-state index in [2.05, 4.69) is 5.32 Å². The summed E-state index contributed by atoms with van der Waals surface area (Å²) in [6.45, 7) is 2.72. The van der Waals surface area contributed by atoms with Gasteiger partial charge in [-0.1, -0.05) is 0 Å². The zero-order valence-corrected chi connectivity index (χ0v) is 15.1. The first-order chi connectivity index (χ1) is 11.6. The maximum atomic E-state index is 12.2. The zero-order valence-electron chi connectivity index (χ0n) is 14.3. The molecule has 2 amide bonds. The number of amides is 2. The van der Waals surface area contributed by atoms with Gasteiger partial charge in [0.05, 0.1) is 0 Å². The molecule has 6 nitrogen and oxygen atoms in total. The summed E-state index contributed by atoms with van der Waals surface area (Å²) in [6.07, 6.45) is 4.74. The number of carbonyl (C=O) groups is 2. The van der Waals surface area contributed by atoms with Gasteiger partial charge in [-0.25, -0.2) is 0 Å². The molecule has 138 valence electrons. The third-order valence-electron chi connectivity index (χ3n) is 4.74. The van der Waals surface area contributed by atoms with Crippen molar-refractivity contribution in [2.75, 3.05) is 26.2 Å². The van der Waals surface area contributed by atoms with Crippen LogP contribution in [0.3, 0.4) is 0 Å². The highest BCUT2D eigenvalue weighted by Gasteiger charge is 2.26. The largest absolute Gasteiger partial charge is 0.484 e. The second-order valence-corrected chi connectivity index (χ2v) is 6.68. The smallest absolute Gasteiger partial charge is 0.260 e. The average molecular weight is 368 g/mol. The molecule has 3 rings (SSSR count). The number of piperidine rings is 1. The van der Waals surface area contributed by atoms with Gasteiger partial charge in [0.2, 0.25) is 5.91 Å². The van der Waals surface area contributed by atoms with Gasteiger partial charge in [0.15, 0.2) is 6.61 Å². The predicted octanol–water partition coefficient (Wildman–Crippen LogP) is 1.58. The minimum atomic E-state index is -0.476. The predicted molar refractivity (Wildman–Crippen MR) is 98.0 cm³/mol. The summed E-state index contributed by atoms with van der Waals surface area (Å²) in [4.78, 5) is 25.1. The molecular weight excluding hydrogens is 342 g/mol. The maximum Gasteiger partial charge on any atom is 0.260 e. The number of rotatable bonds is 7. The SMILES string of the molecule is Cl.NC(=O)c1ccc(OCC(=O)N2CCC(NCC3CC3)CC2)cc1. The number of ether oxygens (including phenoxy) is 1. The summed E-state index contributed by atoms with van der Waals surface area (Å²) in [7, 11) is 0. The topological polar surface area (TPSA) is 84.7 Å². The molecule has 25 heavy (non-hydrogen) atoms. The monoisotopic (exact) mass is 367 g/mol. The lowest BCUT2D eigenvalue weighted by Gasteiger charge is -2.32. The van der Waals surface area contributed by atoms with Gasteiger partial charge in [-0.15, -0.1) is 12.4 Å². The van der Waals surface area contributed by atoms with Gasteiger partial charge in [0.1, 0.15) is 5.75 Å². The van der Waals surface area contributed by atoms with Crippen LogP contribution < -0.4 is 15.8 Å². The minimum absolute atomic E-state index is 0. The molecule has 1 heterocycles. The molecule has 7 heteroatoms. The van der Waals surface area contributed by atoms with E-state index in [1.807, 2.05) is 4.90 Å². The molecule has 1 saturated heterocycles. The van der Waals surface area contributed by atoms with Crippen LogP contribution in [0, 0.1) is 5.92 Å². The number of nitrogens with zero attached hydrogens (tertiary/aromatic N) is 1. The first-order valence-corrected chi connectivity index (χ1v) is 8.65. The molecule has 0 bridgehead atoms. The maximum absolute atomic E-state index is 12.2. The van der Waals surface area contributed by atoms with Gasteiger partial charge >= 0.3 is 0 Å². The number of benzene rings is 1. The quantitative estimate of drug-likeness (QED) is 0.766. The van der Waals surface area contributed by atoms with Crippen LogP contribution in [0.4, 0.5) is 0 Å². The van der Waals surface area contributed by atoms with Gasteiger partial charge in [-0.2, -0.15) is 0 Å². The van der Waals surface area contributed by atoms with Crippen molar-refractivity contribution in [1.82, 2.24) is 10.2 Å². The molecule has 0 unspecified atom stereocenters. The molecule has 1 aliphatic heterocycles. The van der Waals surface area contributed by atoms with E-state index in [9.17, 15) is 9.59 Å². The van der Waals surface area contributed by atoms with E-state index in [0.29, 0.717) is 17.4 Å². The van der Waals surface area contributed by atoms with Crippen molar-refractivity contribution in [2.45, 2.75) is 31.7 Å². The van der Waals surface area contributed by atoms with Crippen molar-refractivity contribution in [3.8, 4) is 5.75 Å². The highest BCUT2D eigenvalue weighted by Crippen LogP contribution is 2.28. The Morgan fingerprint density at radius 2 is 1.76 bits per heavy atom. The van der Waals surface area contributed by atoms with E-state index in [1.165, 1.54) is 12.8 Å². The van der Waals surface area contributed by atoms with Gasteiger partial charge < -0.3 is 20.7 Å². The van der Waals surface area contributed by atoms with Crippen LogP contribution in [0.2, 0.25) is 0 Å². The molecular formula is C18H26ClN3O3. The highest BCUT2D eigenvalue weighted by atomic mass is 35.5. The van der Waals surface area contributed by atoms with Crippen molar-refractivity contribution in [3.05, 3.63) is 29.8 Å². The fraction of sp³-hybridized carbons (Fsp3) is 0.556. The first kappa shape index (κ1) is 19.5. The first-order valence-electron chi connectivity index (χ1n) is 8.65. The van der Waals surface area contributed by atoms with Crippen LogP contribution >= 0.6 is 12.4 Å². The molecule has 0 atom stereocenters. The Morgan fingerprint density at radius 1 is 1.12 bits per heavy atom. The summed E-state index contributed by atoms with van der Waals surface area (Å²) < 4.78 is 5.51. The Bertz CT molecular complexity index is 582. The van der Waals surface area contributed by atoms with Crippen LogP contribution in [0.1, 0.15) is 36.0 Å². The van der Waals surface area contributed by atoms with E-state index < -0.39 is 5.91 Å². The van der Waals surface area contributed by atoms with Crippen LogP contribution in [0.25, 0.3) is 0 Å². The third-order valence-corrected chi connectivity index (χ3v) is 4.74. The lowest BCUT2D eigenvalue weighted by Crippen LogP contribution is -2.46. The fourth-order valence-corrected chi connectivity index (χ4v) is 2.94. The van der Waals surface area contributed by atoms with Gasteiger partial charge in [0.25, 0.3) is 5.91 Å². The minimum Gasteiger partial charge on any atom is -0.484 e. The summed E-state index contributed by atoms with van der Waals surface area (Å²) >= 11 is 0. The number of likely N-dealkylation sites (tertiary alicyclic amines) is 1. The molecule has 0 spiro atoms. The van der Waals surface area contributed by atoms with E-state index in [4.69, 9.17) is 10.5 Å². The molecule has 3 N–H and O–H groups in total. The number of hydrogen-bond acceptors (Lipinski definition) is 4. The van der Waals surface area contributed by atoms with Gasteiger partial charge in [-0.05, 0) is 62.4 Å². The number of halogens is 1. The number of nitrogens with one attached hydrogen (secondary N) is 1. The Kier molecular flexibility index (Phi) is 7.08. The molecule has 0 radical (unpaired) electrons. The van der Waals surface area contributed by atoms with Crippen molar-refractivity contribution in [3.63, 3.8) is 0 Å². The average Bonchev–Trinajstić information content (AvgIpc) is 3.43. The fourth-order valence-electron chi connectivity index (χ4n) is 2.94. The van der Waals surface area contributed by atoms with E-state index >= 15 is 0 Å². The number of carbonyl (C=O) groups excluding carboxylic acids is 2. The van der Waals surface area contributed by atoms with Gasteiger partial charge in [-0.3, -0.25) is 9.59 Å².